The Morgan fingerprint density at radius 3 is 2.81 bits per heavy atom. The van der Waals surface area contributed by atoms with Gasteiger partial charge in [0.25, 0.3) is 6.43 Å². The summed E-state index contributed by atoms with van der Waals surface area (Å²) in [4.78, 5) is 14.7. The molecule has 1 N–H and O–H groups in total. The molecule has 0 saturated carbocycles. The molecule has 1 aromatic heterocycles. The molecule has 0 aliphatic carbocycles. The minimum atomic E-state index is -3.04. The normalized spacial score (nSPS) is 10.6. The van der Waals surface area contributed by atoms with Crippen LogP contribution in [0.15, 0.2) is 6.20 Å². The first-order valence-corrected chi connectivity index (χ1v) is 4.69. The van der Waals surface area contributed by atoms with Crippen molar-refractivity contribution in [3.05, 3.63) is 22.5 Å². The summed E-state index contributed by atoms with van der Waals surface area (Å²) >= 11 is 5.37. The lowest BCUT2D eigenvalue weighted by molar-refractivity contribution is 0.0513. The number of ether oxygens (including phenoxy) is 1. The maximum Gasteiger partial charge on any atom is 0.340 e. The number of nitrogens with zero attached hydrogens (tertiary/aromatic N) is 1. The van der Waals surface area contributed by atoms with Crippen LogP contribution in [-0.4, -0.2) is 22.7 Å². The van der Waals surface area contributed by atoms with E-state index in [0.717, 1.165) is 6.20 Å². The van der Waals surface area contributed by atoms with Gasteiger partial charge in [-0.2, -0.15) is 0 Å². The highest BCUT2D eigenvalue weighted by atomic mass is 35.5. The number of hydrogen-bond acceptors (Lipinski definition) is 4. The second kappa shape index (κ2) is 5.07. The molecule has 4 nitrogen and oxygen atoms in total. The minimum Gasteiger partial charge on any atom is -0.504 e. The van der Waals surface area contributed by atoms with Gasteiger partial charge in [0.15, 0.2) is 10.9 Å². The Kier molecular flexibility index (Phi) is 4.00. The first kappa shape index (κ1) is 12.6. The monoisotopic (exact) mass is 251 g/mol. The fourth-order valence-electron chi connectivity index (χ4n) is 1.08. The van der Waals surface area contributed by atoms with Crippen LogP contribution in [0.3, 0.4) is 0 Å². The van der Waals surface area contributed by atoms with Crippen LogP contribution in [0.25, 0.3) is 0 Å². The number of rotatable bonds is 3. The van der Waals surface area contributed by atoms with Gasteiger partial charge in [-0.05, 0) is 6.92 Å². The SMILES string of the molecule is CCOC(=O)c1cnc(Cl)c(O)c1C(F)F. The fraction of sp³-hybridized carbons (Fsp3) is 0.333. The van der Waals surface area contributed by atoms with Gasteiger partial charge in [0, 0.05) is 6.20 Å². The summed E-state index contributed by atoms with van der Waals surface area (Å²) in [6, 6.07) is 0. The summed E-state index contributed by atoms with van der Waals surface area (Å²) in [6.07, 6.45) is -2.19. The molecule has 0 aromatic carbocycles. The van der Waals surface area contributed by atoms with Gasteiger partial charge in [-0.1, -0.05) is 11.6 Å². The molecule has 0 aliphatic rings. The Balaban J connectivity index is 3.28. The number of aromatic nitrogens is 1. The highest BCUT2D eigenvalue weighted by molar-refractivity contribution is 6.31. The van der Waals surface area contributed by atoms with Crippen molar-refractivity contribution in [2.45, 2.75) is 13.3 Å². The predicted molar refractivity (Wildman–Crippen MR) is 51.8 cm³/mol. The molecule has 0 amide bonds. The number of esters is 1. The summed E-state index contributed by atoms with van der Waals surface area (Å²) in [7, 11) is 0. The zero-order valence-corrected chi connectivity index (χ0v) is 8.96. The van der Waals surface area contributed by atoms with Crippen LogP contribution < -0.4 is 0 Å². The van der Waals surface area contributed by atoms with E-state index in [1.807, 2.05) is 0 Å². The maximum absolute atomic E-state index is 12.6. The van der Waals surface area contributed by atoms with Crippen LogP contribution in [-0.2, 0) is 4.74 Å². The average molecular weight is 252 g/mol. The smallest absolute Gasteiger partial charge is 0.340 e. The molecule has 0 radical (unpaired) electrons. The number of halogens is 3. The van der Waals surface area contributed by atoms with Crippen LogP contribution >= 0.6 is 11.6 Å². The van der Waals surface area contributed by atoms with Crippen molar-refractivity contribution in [1.29, 1.82) is 0 Å². The van der Waals surface area contributed by atoms with E-state index in [4.69, 9.17) is 11.6 Å². The van der Waals surface area contributed by atoms with Crippen molar-refractivity contribution < 1.29 is 23.4 Å². The number of carbonyl (C=O) groups is 1. The Morgan fingerprint density at radius 2 is 2.31 bits per heavy atom. The standard InChI is InChI=1S/C9H8ClF2NO3/c1-2-16-9(15)4-3-13-7(10)6(14)5(4)8(11)12/h3,8,14H,2H2,1H3. The average Bonchev–Trinajstić information content (AvgIpc) is 2.21. The van der Waals surface area contributed by atoms with Gasteiger partial charge in [-0.25, -0.2) is 18.6 Å². The molecular formula is C9H8ClF2NO3. The van der Waals surface area contributed by atoms with Gasteiger partial charge < -0.3 is 9.84 Å². The molecule has 0 spiro atoms. The van der Waals surface area contributed by atoms with E-state index in [9.17, 15) is 18.7 Å². The zero-order chi connectivity index (χ0) is 12.3. The topological polar surface area (TPSA) is 59.4 Å². The zero-order valence-electron chi connectivity index (χ0n) is 8.21. The van der Waals surface area contributed by atoms with E-state index in [1.54, 1.807) is 0 Å². The summed E-state index contributed by atoms with van der Waals surface area (Å²) in [5.74, 6) is -1.88. The number of alkyl halides is 2. The third-order valence-corrected chi connectivity index (χ3v) is 2.04. The minimum absolute atomic E-state index is 0.0326. The van der Waals surface area contributed by atoms with Gasteiger partial charge in [-0.15, -0.1) is 0 Å². The van der Waals surface area contributed by atoms with E-state index in [0.29, 0.717) is 0 Å². The van der Waals surface area contributed by atoms with Crippen LogP contribution in [0.5, 0.6) is 5.75 Å². The van der Waals surface area contributed by atoms with Gasteiger partial charge in [0.2, 0.25) is 0 Å². The molecular weight excluding hydrogens is 244 g/mol. The van der Waals surface area contributed by atoms with E-state index in [1.165, 1.54) is 6.92 Å². The fourth-order valence-corrected chi connectivity index (χ4v) is 1.23. The van der Waals surface area contributed by atoms with Crippen LogP contribution in [0.2, 0.25) is 5.15 Å². The molecule has 1 rings (SSSR count). The first-order valence-electron chi connectivity index (χ1n) is 4.31. The molecule has 0 bridgehead atoms. The number of aromatic hydroxyl groups is 1. The molecule has 1 heterocycles. The highest BCUT2D eigenvalue weighted by Crippen LogP contribution is 2.35. The second-order valence-corrected chi connectivity index (χ2v) is 3.10. The molecule has 16 heavy (non-hydrogen) atoms. The van der Waals surface area contributed by atoms with Gasteiger partial charge in [0.1, 0.15) is 0 Å². The van der Waals surface area contributed by atoms with Crippen molar-refractivity contribution in [3.8, 4) is 5.75 Å². The van der Waals surface area contributed by atoms with Gasteiger partial charge >= 0.3 is 5.97 Å². The van der Waals surface area contributed by atoms with Crippen LogP contribution in [0, 0.1) is 0 Å². The number of carbonyl (C=O) groups excluding carboxylic acids is 1. The van der Waals surface area contributed by atoms with Crippen molar-refractivity contribution in [3.63, 3.8) is 0 Å². The Morgan fingerprint density at radius 1 is 1.69 bits per heavy atom. The molecule has 1 aromatic rings. The Hall–Kier alpha value is -1.43. The van der Waals surface area contributed by atoms with Gasteiger partial charge in [0.05, 0.1) is 17.7 Å². The maximum atomic E-state index is 12.6. The molecule has 0 saturated heterocycles. The predicted octanol–water partition coefficient (Wildman–Crippen LogP) is 2.55. The summed E-state index contributed by atoms with van der Waals surface area (Å²) in [5.41, 5.74) is -1.35. The van der Waals surface area contributed by atoms with Crippen molar-refractivity contribution in [1.82, 2.24) is 4.98 Å². The molecule has 0 fully saturated rings. The summed E-state index contributed by atoms with van der Waals surface area (Å²) < 4.78 is 29.8. The molecule has 0 atom stereocenters. The van der Waals surface area contributed by atoms with E-state index >= 15 is 0 Å². The Labute approximate surface area is 94.8 Å². The third-order valence-electron chi connectivity index (χ3n) is 1.76. The third kappa shape index (κ3) is 2.38. The lowest BCUT2D eigenvalue weighted by Gasteiger charge is -2.10. The second-order valence-electron chi connectivity index (χ2n) is 2.75. The van der Waals surface area contributed by atoms with Crippen molar-refractivity contribution in [2.24, 2.45) is 0 Å². The number of pyridine rings is 1. The molecule has 0 unspecified atom stereocenters. The lowest BCUT2D eigenvalue weighted by atomic mass is 10.1. The first-order chi connectivity index (χ1) is 7.49. The van der Waals surface area contributed by atoms with Crippen LogP contribution in [0.4, 0.5) is 8.78 Å². The van der Waals surface area contributed by atoms with E-state index in [-0.39, 0.29) is 6.61 Å². The highest BCUT2D eigenvalue weighted by Gasteiger charge is 2.25. The van der Waals surface area contributed by atoms with Crippen LogP contribution in [0.1, 0.15) is 29.3 Å². The number of hydrogen-bond donors (Lipinski definition) is 1. The summed E-state index contributed by atoms with van der Waals surface area (Å²) in [6.45, 7) is 1.56. The van der Waals surface area contributed by atoms with Gasteiger partial charge in [-0.3, -0.25) is 0 Å². The summed E-state index contributed by atoms with van der Waals surface area (Å²) in [5, 5.41) is 8.80. The van der Waals surface area contributed by atoms with Crippen molar-refractivity contribution >= 4 is 17.6 Å². The lowest BCUT2D eigenvalue weighted by Crippen LogP contribution is -2.09. The molecule has 7 heteroatoms. The van der Waals surface area contributed by atoms with E-state index < -0.39 is 34.4 Å². The quantitative estimate of drug-likeness (QED) is 0.662. The largest absolute Gasteiger partial charge is 0.504 e. The Bertz CT molecular complexity index is 412. The van der Waals surface area contributed by atoms with Crippen molar-refractivity contribution in [2.75, 3.05) is 6.61 Å². The molecule has 0 aliphatic heterocycles. The molecule has 88 valence electrons. The van der Waals surface area contributed by atoms with E-state index in [2.05, 4.69) is 9.72 Å².